The molecule has 0 saturated heterocycles. The molecule has 0 radical (unpaired) electrons. The van der Waals surface area contributed by atoms with Gasteiger partial charge in [-0.1, -0.05) is 179 Å². The number of para-hydroxylation sites is 1. The maximum atomic E-state index is 5.37. The van der Waals surface area contributed by atoms with Crippen LogP contribution in [0.25, 0.3) is 0 Å². The summed E-state index contributed by atoms with van der Waals surface area (Å²) in [5.74, 6) is 8.34. The lowest BCUT2D eigenvalue weighted by Gasteiger charge is -2.07. The molecule has 0 bridgehead atoms. The van der Waals surface area contributed by atoms with Crippen molar-refractivity contribution < 1.29 is 18.3 Å². The molecule has 9 heteroatoms. The van der Waals surface area contributed by atoms with E-state index in [0.29, 0.717) is 60.1 Å². The van der Waals surface area contributed by atoms with Gasteiger partial charge in [0, 0.05) is 59.1 Å². The highest BCUT2D eigenvalue weighted by Gasteiger charge is 2.18. The maximum Gasteiger partial charge on any atom is 0.231 e. The van der Waals surface area contributed by atoms with Crippen molar-refractivity contribution >= 4 is 22.7 Å². The molecule has 79 heavy (non-hydrogen) atoms. The third-order valence-corrected chi connectivity index (χ3v) is 14.1. The predicted octanol–water partition coefficient (Wildman–Crippen LogP) is 22.4. The largest absolute Gasteiger partial charge is 0.472 e. The number of pyridine rings is 1. The fourth-order valence-corrected chi connectivity index (χ4v) is 8.75. The lowest BCUT2D eigenvalue weighted by Crippen LogP contribution is -1.95. The molecule has 7 nitrogen and oxygen atoms in total. The summed E-state index contributed by atoms with van der Waals surface area (Å²) in [5, 5.41) is 6.44. The van der Waals surface area contributed by atoms with Crippen LogP contribution in [0.4, 0.5) is 0 Å². The molecule has 10 rings (SSSR count). The van der Waals surface area contributed by atoms with Gasteiger partial charge in [0.15, 0.2) is 11.5 Å². The number of aromatic nitrogens is 3. The molecule has 1 aliphatic heterocycles. The van der Waals surface area contributed by atoms with E-state index >= 15 is 0 Å². The Hall–Kier alpha value is -6.29. The minimum atomic E-state index is 0.360. The maximum absolute atomic E-state index is 5.37. The van der Waals surface area contributed by atoms with Gasteiger partial charge in [0.1, 0.15) is 5.76 Å². The number of aryl methyl sites for hydroxylation is 1. The molecule has 9 aromatic rings. The highest BCUT2D eigenvalue weighted by Crippen LogP contribution is 2.38. The fourth-order valence-electron chi connectivity index (χ4n) is 7.19. The smallest absolute Gasteiger partial charge is 0.231 e. The quantitative estimate of drug-likeness (QED) is 0.156. The standard InChI is InChI=1S/C10H12O2.C9H12.C8H13N.C8H11N.C7H11N.2C7H10O.2C7H10S/c1-7(2)8-4-3-5-9-10(8)12-6-11-9;1-8(2)9-6-4-3-5-7-9;1-7(2)8-5-4-6-9(8)3;1-7(2)8-5-3-4-6-9-8;1-6(2)7-4-3-5-8-7;1-6(2)7-3-4-8-5-7;1-6(2)7-4-3-5-8-7;1-6(2)7-3-4-8-5-7;1-6(2)7-4-3-5-8-7/h3-5,7H,6H2,1-2H3;3-8H,1-2H3;4-7H,1-3H3;3-7H,1-2H3;3-6,8H,1-2H3;4*3-6H,1-2H3. The highest BCUT2D eigenvalue weighted by molar-refractivity contribution is 7.10. The number of H-pyrrole nitrogens is 1. The third kappa shape index (κ3) is 28.4. The number of nitrogens with zero attached hydrogens (tertiary/aromatic N) is 2. The number of fused-ring (bicyclic) bond motifs is 1. The van der Waals surface area contributed by atoms with Gasteiger partial charge in [-0.15, -0.1) is 11.3 Å². The Morgan fingerprint density at radius 1 is 0.506 bits per heavy atom. The second-order valence-electron chi connectivity index (χ2n) is 22.0. The van der Waals surface area contributed by atoms with Crippen molar-refractivity contribution in [1.29, 1.82) is 0 Å². The second kappa shape index (κ2) is 39.1. The first-order valence-electron chi connectivity index (χ1n) is 28.3. The van der Waals surface area contributed by atoms with E-state index in [2.05, 4.69) is 235 Å². The van der Waals surface area contributed by atoms with E-state index in [4.69, 9.17) is 18.3 Å². The lowest BCUT2D eigenvalue weighted by atomic mass is 10.0. The van der Waals surface area contributed by atoms with E-state index < -0.39 is 0 Å². The molecule has 1 N–H and O–H groups in total. The first-order chi connectivity index (χ1) is 37.6. The van der Waals surface area contributed by atoms with Crippen LogP contribution in [0.15, 0.2) is 190 Å². The van der Waals surface area contributed by atoms with Crippen LogP contribution in [0.1, 0.15) is 228 Å². The molecule has 0 fully saturated rings. The van der Waals surface area contributed by atoms with E-state index in [9.17, 15) is 0 Å². The zero-order valence-electron chi connectivity index (χ0n) is 51.6. The first kappa shape index (κ1) is 68.8. The third-order valence-electron chi connectivity index (χ3n) is 12.3. The molecule has 2 aromatic carbocycles. The second-order valence-corrected chi connectivity index (χ2v) is 23.7. The van der Waals surface area contributed by atoms with Crippen LogP contribution < -0.4 is 9.47 Å². The van der Waals surface area contributed by atoms with Crippen LogP contribution in [0.3, 0.4) is 0 Å². The molecule has 8 heterocycles. The molecule has 0 saturated carbocycles. The molecule has 7 aromatic heterocycles. The van der Waals surface area contributed by atoms with Gasteiger partial charge in [-0.3, -0.25) is 4.98 Å². The number of furan rings is 2. The number of ether oxygens (including phenoxy) is 2. The van der Waals surface area contributed by atoms with E-state index in [-0.39, 0.29) is 0 Å². The highest BCUT2D eigenvalue weighted by atomic mass is 32.1. The van der Waals surface area contributed by atoms with Crippen LogP contribution in [0.5, 0.6) is 11.5 Å². The molecular weight excluding hydrogens is 1010 g/mol. The van der Waals surface area contributed by atoms with Crippen molar-refractivity contribution in [2.75, 3.05) is 6.79 Å². The Morgan fingerprint density at radius 3 is 1.54 bits per heavy atom. The van der Waals surface area contributed by atoms with Gasteiger partial charge in [-0.2, -0.15) is 11.3 Å². The molecule has 0 unspecified atom stereocenters. The van der Waals surface area contributed by atoms with Crippen LogP contribution in [-0.2, 0) is 7.05 Å². The van der Waals surface area contributed by atoms with Crippen LogP contribution in [0, 0.1) is 0 Å². The zero-order chi connectivity index (χ0) is 58.7. The van der Waals surface area contributed by atoms with E-state index in [0.717, 1.165) is 23.0 Å². The summed E-state index contributed by atoms with van der Waals surface area (Å²) in [6, 6.07) is 43.2. The number of hydrogen-bond donors (Lipinski definition) is 1. The molecule has 1 aliphatic rings. The topological polar surface area (TPSA) is 78.4 Å². The van der Waals surface area contributed by atoms with Crippen molar-refractivity contribution in [1.82, 2.24) is 14.5 Å². The minimum absolute atomic E-state index is 0.360. The molecule has 430 valence electrons. The minimum Gasteiger partial charge on any atom is -0.472 e. The van der Waals surface area contributed by atoms with Crippen LogP contribution in [-0.4, -0.2) is 21.3 Å². The molecule has 0 atom stereocenters. The average molecular weight is 1110 g/mol. The number of aromatic amines is 1. The molecule has 0 aliphatic carbocycles. The van der Waals surface area contributed by atoms with Gasteiger partial charge in [-0.25, -0.2) is 0 Å². The molecule has 0 amide bonds. The van der Waals surface area contributed by atoms with Crippen molar-refractivity contribution in [3.63, 3.8) is 0 Å². The van der Waals surface area contributed by atoms with Gasteiger partial charge in [0.25, 0.3) is 0 Å². The zero-order valence-corrected chi connectivity index (χ0v) is 53.2. The van der Waals surface area contributed by atoms with Gasteiger partial charge >= 0.3 is 0 Å². The van der Waals surface area contributed by atoms with E-state index in [1.54, 1.807) is 30.1 Å². The number of nitrogens with one attached hydrogen (secondary N) is 1. The summed E-state index contributed by atoms with van der Waals surface area (Å²) in [6.45, 7) is 39.5. The van der Waals surface area contributed by atoms with Gasteiger partial charge in [0.05, 0.1) is 18.8 Å². The lowest BCUT2D eigenvalue weighted by molar-refractivity contribution is 0.173. The Bertz CT molecular complexity index is 2470. The Morgan fingerprint density at radius 2 is 1.20 bits per heavy atom. The van der Waals surface area contributed by atoms with E-state index in [1.165, 1.54) is 38.5 Å². The first-order valence-corrected chi connectivity index (χ1v) is 30.2. The van der Waals surface area contributed by atoms with Gasteiger partial charge < -0.3 is 27.9 Å². The summed E-state index contributed by atoms with van der Waals surface area (Å²) in [4.78, 5) is 8.79. The number of thiophene rings is 2. The normalized spacial score (nSPS) is 10.9. The van der Waals surface area contributed by atoms with Crippen LogP contribution >= 0.6 is 22.7 Å². The Kier molecular flexibility index (Phi) is 34.1. The van der Waals surface area contributed by atoms with Gasteiger partial charge in [-0.05, 0) is 153 Å². The van der Waals surface area contributed by atoms with Crippen molar-refractivity contribution in [3.8, 4) is 11.5 Å². The summed E-state index contributed by atoms with van der Waals surface area (Å²) < 4.78 is 22.8. The SMILES string of the molecule is CC(C)c1ccc[nH]1.CC(C)c1cccc2c1OCO2.CC(C)c1ccccc1.CC(C)c1ccccn1.CC(C)c1cccn1C.CC(C)c1ccco1.CC(C)c1cccs1.CC(C)c1ccoc1.CC(C)c1ccsc1. The predicted molar refractivity (Wildman–Crippen MR) is 342 cm³/mol. The number of hydrogen-bond acceptors (Lipinski definition) is 7. The summed E-state index contributed by atoms with van der Waals surface area (Å²) >= 11 is 3.60. The van der Waals surface area contributed by atoms with Crippen molar-refractivity contribution in [2.45, 2.75) is 178 Å². The Labute approximate surface area is 486 Å². The van der Waals surface area contributed by atoms with E-state index in [1.807, 2.05) is 84.4 Å². The average Bonchev–Trinajstić information content (AvgIpc) is 4.28. The van der Waals surface area contributed by atoms with Crippen LogP contribution in [0.2, 0.25) is 0 Å². The fraction of sp³-hybridized carbons (Fsp3) is 0.414. The summed E-state index contributed by atoms with van der Waals surface area (Å²) in [7, 11) is 2.08. The summed E-state index contributed by atoms with van der Waals surface area (Å²) in [6.07, 6.45) is 11.1. The Balaban J connectivity index is 0.000000305. The van der Waals surface area contributed by atoms with Crippen molar-refractivity contribution in [3.05, 3.63) is 231 Å². The van der Waals surface area contributed by atoms with Crippen molar-refractivity contribution in [2.24, 2.45) is 7.05 Å². The number of benzene rings is 2. The number of rotatable bonds is 9. The van der Waals surface area contributed by atoms with Gasteiger partial charge in [0.2, 0.25) is 6.79 Å². The molecular formula is C70H99N3O4S2. The summed E-state index contributed by atoms with van der Waals surface area (Å²) in [5.41, 5.74) is 9.24. The monoisotopic (exact) mass is 1110 g/mol. The molecule has 0 spiro atoms.